The van der Waals surface area contributed by atoms with Crippen molar-refractivity contribution >= 4 is 34.2 Å². The third-order valence-corrected chi connectivity index (χ3v) is 3.53. The van der Waals surface area contributed by atoms with Crippen molar-refractivity contribution in [3.8, 4) is 5.75 Å². The van der Waals surface area contributed by atoms with Crippen molar-refractivity contribution < 1.29 is 9.90 Å². The molecule has 1 heterocycles. The van der Waals surface area contributed by atoms with E-state index in [0.717, 1.165) is 5.56 Å². The van der Waals surface area contributed by atoms with Crippen LogP contribution in [0.1, 0.15) is 5.56 Å². The molecule has 4 nitrogen and oxygen atoms in total. The summed E-state index contributed by atoms with van der Waals surface area (Å²) >= 11 is 6.34. The fourth-order valence-electron chi connectivity index (χ4n) is 1.33. The van der Waals surface area contributed by atoms with Crippen LogP contribution in [0, 0.1) is 0 Å². The van der Waals surface area contributed by atoms with Gasteiger partial charge in [-0.25, -0.2) is 10.4 Å². The second-order valence-corrected chi connectivity index (χ2v) is 4.86. The van der Waals surface area contributed by atoms with Gasteiger partial charge in [0, 0.05) is 12.1 Å². The van der Waals surface area contributed by atoms with Gasteiger partial charge in [-0.15, -0.1) is 0 Å². The summed E-state index contributed by atoms with van der Waals surface area (Å²) in [6, 6.07) is 6.98. The van der Waals surface area contributed by atoms with Crippen molar-refractivity contribution in [1.29, 1.82) is 0 Å². The van der Waals surface area contributed by atoms with Crippen molar-refractivity contribution in [3.63, 3.8) is 0 Å². The summed E-state index contributed by atoms with van der Waals surface area (Å²) in [5.74, 6) is 0.540. The van der Waals surface area contributed by atoms with Gasteiger partial charge in [0.25, 0.3) is 5.91 Å². The van der Waals surface area contributed by atoms with Gasteiger partial charge >= 0.3 is 0 Å². The number of rotatable bonds is 3. The Kier molecular flexibility index (Phi) is 3.42. The number of hydrogen-bond acceptors (Lipinski definition) is 5. The molecule has 1 aliphatic rings. The first-order valence-corrected chi connectivity index (χ1v) is 6.08. The monoisotopic (exact) mass is 254 g/mol. The third-order valence-electron chi connectivity index (χ3n) is 2.17. The topological polar surface area (TPSA) is 52.6 Å². The summed E-state index contributed by atoms with van der Waals surface area (Å²) in [4.78, 5) is 11.4. The predicted octanol–water partition coefficient (Wildman–Crippen LogP) is 1.26. The minimum absolute atomic E-state index is 0.0505. The molecule has 0 radical (unpaired) electrons. The maximum absolute atomic E-state index is 11.4. The number of aromatic hydroxyl groups is 1. The van der Waals surface area contributed by atoms with Crippen LogP contribution in [0.25, 0.3) is 0 Å². The van der Waals surface area contributed by atoms with E-state index in [1.54, 1.807) is 18.2 Å². The van der Waals surface area contributed by atoms with Gasteiger partial charge in [0.15, 0.2) is 4.32 Å². The molecule has 1 amide bonds. The Morgan fingerprint density at radius 2 is 2.25 bits per heavy atom. The van der Waals surface area contributed by atoms with Gasteiger partial charge < -0.3 is 5.11 Å². The highest BCUT2D eigenvalue weighted by molar-refractivity contribution is 8.23. The highest BCUT2D eigenvalue weighted by Crippen LogP contribution is 2.19. The second-order valence-electron chi connectivity index (χ2n) is 3.25. The van der Waals surface area contributed by atoms with Crippen LogP contribution in [0.4, 0.5) is 0 Å². The Morgan fingerprint density at radius 1 is 1.50 bits per heavy atom. The average Bonchev–Trinajstić information content (AvgIpc) is 2.58. The normalized spacial score (nSPS) is 15.9. The molecule has 1 aromatic carbocycles. The van der Waals surface area contributed by atoms with E-state index in [0.29, 0.717) is 16.6 Å². The van der Waals surface area contributed by atoms with Crippen LogP contribution >= 0.6 is 24.0 Å². The molecule has 1 aliphatic heterocycles. The number of thioether (sulfide) groups is 1. The van der Waals surface area contributed by atoms with E-state index in [1.165, 1.54) is 16.8 Å². The number of phenolic OH excluding ortho intramolecular Hbond substituents is 1. The lowest BCUT2D eigenvalue weighted by molar-refractivity contribution is -0.126. The Bertz CT molecular complexity index is 421. The number of para-hydroxylation sites is 1. The van der Waals surface area contributed by atoms with Gasteiger partial charge in [0.05, 0.1) is 5.75 Å². The summed E-state index contributed by atoms with van der Waals surface area (Å²) in [6.45, 7) is 0.374. The number of carbonyl (C=O) groups excluding carboxylic acids is 1. The van der Waals surface area contributed by atoms with Crippen molar-refractivity contribution in [2.45, 2.75) is 6.54 Å². The minimum atomic E-state index is -0.0505. The first-order valence-electron chi connectivity index (χ1n) is 4.68. The van der Waals surface area contributed by atoms with E-state index in [1.807, 2.05) is 6.07 Å². The van der Waals surface area contributed by atoms with E-state index in [2.05, 4.69) is 5.43 Å². The Hall–Kier alpha value is -1.11. The smallest absolute Gasteiger partial charge is 0.253 e. The predicted molar refractivity (Wildman–Crippen MR) is 66.8 cm³/mol. The van der Waals surface area contributed by atoms with Gasteiger partial charge in [-0.3, -0.25) is 4.79 Å². The Balaban J connectivity index is 2.00. The maximum atomic E-state index is 11.4. The van der Waals surface area contributed by atoms with E-state index >= 15 is 0 Å². The van der Waals surface area contributed by atoms with Crippen LogP contribution in [-0.4, -0.2) is 26.1 Å². The van der Waals surface area contributed by atoms with Crippen LogP contribution in [-0.2, 0) is 11.3 Å². The van der Waals surface area contributed by atoms with Crippen LogP contribution in [0.5, 0.6) is 5.75 Å². The summed E-state index contributed by atoms with van der Waals surface area (Å²) in [5.41, 5.74) is 3.63. The molecule has 0 aliphatic carbocycles. The molecule has 0 aromatic heterocycles. The first kappa shape index (κ1) is 11.4. The largest absolute Gasteiger partial charge is 0.508 e. The van der Waals surface area contributed by atoms with Crippen molar-refractivity contribution in [2.24, 2.45) is 0 Å². The number of nitrogens with one attached hydrogen (secondary N) is 1. The molecule has 2 N–H and O–H groups in total. The molecule has 2 rings (SSSR count). The van der Waals surface area contributed by atoms with Gasteiger partial charge in [0.1, 0.15) is 5.75 Å². The number of benzene rings is 1. The SMILES string of the molecule is O=C1CSC(=S)N1NCc1ccccc1O. The molecule has 0 unspecified atom stereocenters. The highest BCUT2D eigenvalue weighted by Gasteiger charge is 2.26. The lowest BCUT2D eigenvalue weighted by Crippen LogP contribution is -2.40. The van der Waals surface area contributed by atoms with Crippen LogP contribution < -0.4 is 5.43 Å². The van der Waals surface area contributed by atoms with E-state index in [9.17, 15) is 9.90 Å². The second kappa shape index (κ2) is 4.82. The molecular formula is C10H10N2O2S2. The van der Waals surface area contributed by atoms with Gasteiger partial charge in [0.2, 0.25) is 0 Å². The summed E-state index contributed by atoms with van der Waals surface area (Å²) in [6.07, 6.45) is 0. The lowest BCUT2D eigenvalue weighted by Gasteiger charge is -2.16. The zero-order chi connectivity index (χ0) is 11.5. The number of hydrazine groups is 1. The number of thiocarbonyl (C=S) groups is 1. The van der Waals surface area contributed by atoms with Crippen LogP contribution in [0.3, 0.4) is 0 Å². The molecule has 6 heteroatoms. The lowest BCUT2D eigenvalue weighted by atomic mass is 10.2. The maximum Gasteiger partial charge on any atom is 0.253 e. The van der Waals surface area contributed by atoms with E-state index in [-0.39, 0.29) is 11.7 Å². The summed E-state index contributed by atoms with van der Waals surface area (Å²) in [7, 11) is 0. The highest BCUT2D eigenvalue weighted by atomic mass is 32.2. The first-order chi connectivity index (χ1) is 7.68. The van der Waals surface area contributed by atoms with Crippen LogP contribution in [0.2, 0.25) is 0 Å². The number of phenols is 1. The minimum Gasteiger partial charge on any atom is -0.508 e. The molecule has 1 fully saturated rings. The molecule has 84 valence electrons. The van der Waals surface area contributed by atoms with Crippen molar-refractivity contribution in [2.75, 3.05) is 5.75 Å². The molecular weight excluding hydrogens is 244 g/mol. The molecule has 1 aromatic rings. The zero-order valence-corrected chi connectivity index (χ0v) is 9.98. The van der Waals surface area contributed by atoms with E-state index < -0.39 is 0 Å². The van der Waals surface area contributed by atoms with Gasteiger partial charge in [-0.1, -0.05) is 42.2 Å². The Morgan fingerprint density at radius 3 is 2.88 bits per heavy atom. The molecule has 1 saturated heterocycles. The van der Waals surface area contributed by atoms with Gasteiger partial charge in [-0.2, -0.15) is 0 Å². The quantitative estimate of drug-likeness (QED) is 0.795. The van der Waals surface area contributed by atoms with E-state index in [4.69, 9.17) is 12.2 Å². The Labute approximate surface area is 103 Å². The molecule has 0 bridgehead atoms. The van der Waals surface area contributed by atoms with Crippen LogP contribution in [0.15, 0.2) is 24.3 Å². The fourth-order valence-corrected chi connectivity index (χ4v) is 2.35. The number of nitrogens with zero attached hydrogens (tertiary/aromatic N) is 1. The van der Waals surface area contributed by atoms with Crippen molar-refractivity contribution in [1.82, 2.24) is 10.4 Å². The summed E-state index contributed by atoms with van der Waals surface area (Å²) < 4.78 is 0.528. The molecule has 0 atom stereocenters. The zero-order valence-electron chi connectivity index (χ0n) is 8.34. The molecule has 0 saturated carbocycles. The standard InChI is InChI=1S/C10H10N2O2S2/c13-8-4-2-1-3-7(8)5-11-12-9(14)6-16-10(12)15/h1-4,11,13H,5-6H2. The van der Waals surface area contributed by atoms with Gasteiger partial charge in [-0.05, 0) is 6.07 Å². The number of amides is 1. The third kappa shape index (κ3) is 2.34. The number of carbonyl (C=O) groups is 1. The average molecular weight is 254 g/mol. The van der Waals surface area contributed by atoms with Crippen molar-refractivity contribution in [3.05, 3.63) is 29.8 Å². The fraction of sp³-hybridized carbons (Fsp3) is 0.200. The molecule has 0 spiro atoms. The molecule has 16 heavy (non-hydrogen) atoms. The summed E-state index contributed by atoms with van der Waals surface area (Å²) in [5, 5.41) is 10.9. The number of hydrogen-bond donors (Lipinski definition) is 2.